The first kappa shape index (κ1) is 16.5. The van der Waals surface area contributed by atoms with Gasteiger partial charge in [-0.1, -0.05) is 6.07 Å². The van der Waals surface area contributed by atoms with E-state index in [1.54, 1.807) is 23.0 Å². The van der Waals surface area contributed by atoms with Gasteiger partial charge in [-0.3, -0.25) is 14.4 Å². The predicted octanol–water partition coefficient (Wildman–Crippen LogP) is 0.467. The number of carbonyl (C=O) groups excluding carboxylic acids is 3. The van der Waals surface area contributed by atoms with Crippen molar-refractivity contribution in [2.75, 3.05) is 20.2 Å². The first-order chi connectivity index (χ1) is 12.1. The Morgan fingerprint density at radius 3 is 2.72 bits per heavy atom. The van der Waals surface area contributed by atoms with Crippen LogP contribution in [0.5, 0.6) is 0 Å². The van der Waals surface area contributed by atoms with Crippen LogP contribution in [0.2, 0.25) is 0 Å². The minimum absolute atomic E-state index is 0.0146. The maximum atomic E-state index is 12.9. The third-order valence-corrected chi connectivity index (χ3v) is 6.28. The highest BCUT2D eigenvalue weighted by atomic mass is 32.1. The van der Waals surface area contributed by atoms with Gasteiger partial charge >= 0.3 is 0 Å². The lowest BCUT2D eigenvalue weighted by molar-refractivity contribution is -0.161. The summed E-state index contributed by atoms with van der Waals surface area (Å²) in [5, 5.41) is 4.87. The van der Waals surface area contributed by atoms with Crippen molar-refractivity contribution in [3.05, 3.63) is 22.4 Å². The number of piperazine rings is 1. The van der Waals surface area contributed by atoms with Gasteiger partial charge in [-0.15, -0.1) is 11.3 Å². The molecule has 1 N–H and O–H groups in total. The first-order valence-corrected chi connectivity index (χ1v) is 9.44. The molecule has 4 atom stereocenters. The summed E-state index contributed by atoms with van der Waals surface area (Å²) in [6, 6.07) is 2.67. The van der Waals surface area contributed by atoms with Crippen molar-refractivity contribution >= 4 is 29.1 Å². The molecule has 3 aliphatic heterocycles. The summed E-state index contributed by atoms with van der Waals surface area (Å²) in [4.78, 5) is 41.9. The molecule has 0 bridgehead atoms. The number of rotatable bonds is 3. The number of hydrogen-bond donors (Lipinski definition) is 1. The number of ether oxygens (including phenoxy) is 1. The molecule has 1 aromatic heterocycles. The molecule has 3 aliphatic rings. The molecule has 4 rings (SSSR count). The lowest BCUT2D eigenvalue weighted by atomic mass is 9.92. The first-order valence-electron chi connectivity index (χ1n) is 8.56. The van der Waals surface area contributed by atoms with Crippen molar-refractivity contribution in [1.29, 1.82) is 0 Å². The molecule has 1 aromatic rings. The number of nitrogens with zero attached hydrogens (tertiary/aromatic N) is 2. The number of amides is 3. The number of hydrogen-bond acceptors (Lipinski definition) is 5. The van der Waals surface area contributed by atoms with Gasteiger partial charge in [-0.25, -0.2) is 0 Å². The van der Waals surface area contributed by atoms with Crippen molar-refractivity contribution in [3.8, 4) is 0 Å². The number of nitrogens with one attached hydrogen (secondary N) is 1. The number of fused-ring (bicyclic) bond motifs is 2. The molecule has 25 heavy (non-hydrogen) atoms. The van der Waals surface area contributed by atoms with Crippen LogP contribution in [-0.4, -0.2) is 72.0 Å². The molecule has 7 nitrogen and oxygen atoms in total. The van der Waals surface area contributed by atoms with Crippen molar-refractivity contribution in [1.82, 2.24) is 15.1 Å². The smallest absolute Gasteiger partial charge is 0.261 e. The third-order valence-electron chi connectivity index (χ3n) is 5.41. The molecule has 0 spiro atoms. The van der Waals surface area contributed by atoms with Crippen molar-refractivity contribution in [3.63, 3.8) is 0 Å². The largest absolute Gasteiger partial charge is 0.380 e. The molecule has 3 fully saturated rings. The molecule has 8 heteroatoms. The zero-order valence-electron chi connectivity index (χ0n) is 14.0. The quantitative estimate of drug-likeness (QED) is 0.847. The average Bonchev–Trinajstić information content (AvgIpc) is 3.29. The van der Waals surface area contributed by atoms with Crippen LogP contribution in [0.15, 0.2) is 17.5 Å². The Balaban J connectivity index is 1.46. The summed E-state index contributed by atoms with van der Waals surface area (Å²) in [5.74, 6) is -0.104. The van der Waals surface area contributed by atoms with Gasteiger partial charge in [-0.2, -0.15) is 0 Å². The molecule has 0 saturated carbocycles. The molecule has 3 saturated heterocycles. The van der Waals surface area contributed by atoms with E-state index in [1.807, 2.05) is 11.4 Å². The van der Waals surface area contributed by atoms with Crippen LogP contribution in [0.25, 0.3) is 0 Å². The maximum Gasteiger partial charge on any atom is 0.261 e. The third kappa shape index (κ3) is 2.83. The molecule has 0 aliphatic carbocycles. The van der Waals surface area contributed by atoms with Gasteiger partial charge in [0.15, 0.2) is 0 Å². The van der Waals surface area contributed by atoms with Crippen LogP contribution in [-0.2, 0) is 14.3 Å². The Morgan fingerprint density at radius 1 is 1.24 bits per heavy atom. The number of carbonyl (C=O) groups is 3. The van der Waals surface area contributed by atoms with Crippen LogP contribution in [0.1, 0.15) is 28.9 Å². The fraction of sp³-hybridized carbons (Fsp3) is 0.588. The normalized spacial score (nSPS) is 31.7. The Kier molecular flexibility index (Phi) is 4.24. The molecular formula is C17H21N3O4S. The molecule has 0 radical (unpaired) electrons. The second-order valence-electron chi connectivity index (χ2n) is 6.82. The molecule has 134 valence electrons. The average molecular weight is 363 g/mol. The van der Waals surface area contributed by atoms with E-state index < -0.39 is 6.04 Å². The van der Waals surface area contributed by atoms with E-state index in [4.69, 9.17) is 4.74 Å². The molecule has 0 aromatic carbocycles. The number of methoxy groups -OCH3 is 1. The second kappa shape index (κ2) is 6.42. The van der Waals surface area contributed by atoms with Crippen LogP contribution < -0.4 is 5.32 Å². The van der Waals surface area contributed by atoms with Crippen LogP contribution in [0.4, 0.5) is 0 Å². The lowest BCUT2D eigenvalue weighted by Gasteiger charge is -2.46. The fourth-order valence-electron chi connectivity index (χ4n) is 4.09. The maximum absolute atomic E-state index is 12.9. The van der Waals surface area contributed by atoms with E-state index >= 15 is 0 Å². The van der Waals surface area contributed by atoms with E-state index in [0.29, 0.717) is 37.2 Å². The second-order valence-corrected chi connectivity index (χ2v) is 7.77. The Bertz CT molecular complexity index is 692. The molecule has 3 amide bonds. The zero-order valence-corrected chi connectivity index (χ0v) is 14.8. The van der Waals surface area contributed by atoms with Gasteiger partial charge in [0, 0.05) is 32.7 Å². The van der Waals surface area contributed by atoms with Gasteiger partial charge in [-0.05, 0) is 24.3 Å². The SMILES string of the molecule is COC1CC2C(=O)N3CCC(NC(=O)c4cccs4)CC3C(=O)N2C1. The van der Waals surface area contributed by atoms with Crippen molar-refractivity contribution < 1.29 is 19.1 Å². The van der Waals surface area contributed by atoms with Gasteiger partial charge in [0.2, 0.25) is 11.8 Å². The highest BCUT2D eigenvalue weighted by Gasteiger charge is 2.52. The monoisotopic (exact) mass is 363 g/mol. The minimum Gasteiger partial charge on any atom is -0.380 e. The van der Waals surface area contributed by atoms with Crippen molar-refractivity contribution in [2.24, 2.45) is 0 Å². The number of thiophene rings is 1. The Morgan fingerprint density at radius 2 is 2.00 bits per heavy atom. The topological polar surface area (TPSA) is 79.0 Å². The standard InChI is InChI=1S/C17H21N3O4S/c1-24-11-8-13-16(22)19-5-4-10(7-12(19)17(23)20(13)9-11)18-15(21)14-3-2-6-25-14/h2-3,6,10-13H,4-5,7-9H2,1H3,(H,18,21). The summed E-state index contributed by atoms with van der Waals surface area (Å²) in [5.41, 5.74) is 0. The zero-order chi connectivity index (χ0) is 17.6. The highest BCUT2D eigenvalue weighted by molar-refractivity contribution is 7.12. The number of piperidine rings is 1. The van der Waals surface area contributed by atoms with Crippen LogP contribution in [0.3, 0.4) is 0 Å². The van der Waals surface area contributed by atoms with E-state index in [9.17, 15) is 14.4 Å². The Labute approximate surface area is 149 Å². The highest BCUT2D eigenvalue weighted by Crippen LogP contribution is 2.32. The molecule has 4 unspecified atom stereocenters. The minimum atomic E-state index is -0.471. The van der Waals surface area contributed by atoms with Gasteiger partial charge in [0.05, 0.1) is 11.0 Å². The summed E-state index contributed by atoms with van der Waals surface area (Å²) in [6.07, 6.45) is 1.65. The van der Waals surface area contributed by atoms with Crippen LogP contribution >= 0.6 is 11.3 Å². The van der Waals surface area contributed by atoms with Gasteiger partial charge in [0.1, 0.15) is 12.1 Å². The van der Waals surface area contributed by atoms with E-state index in [1.165, 1.54) is 11.3 Å². The van der Waals surface area contributed by atoms with Crippen LogP contribution in [0, 0.1) is 0 Å². The predicted molar refractivity (Wildman–Crippen MR) is 91.2 cm³/mol. The van der Waals surface area contributed by atoms with Crippen molar-refractivity contribution in [2.45, 2.75) is 43.5 Å². The summed E-state index contributed by atoms with van der Waals surface area (Å²) in [6.45, 7) is 0.981. The molecule has 4 heterocycles. The van der Waals surface area contributed by atoms with E-state index in [2.05, 4.69) is 5.32 Å². The lowest BCUT2D eigenvalue weighted by Crippen LogP contribution is -2.66. The van der Waals surface area contributed by atoms with E-state index in [-0.39, 0.29) is 35.9 Å². The summed E-state index contributed by atoms with van der Waals surface area (Å²) in [7, 11) is 1.61. The Hall–Kier alpha value is -1.93. The van der Waals surface area contributed by atoms with E-state index in [0.717, 1.165) is 0 Å². The van der Waals surface area contributed by atoms with Gasteiger partial charge < -0.3 is 19.9 Å². The fourth-order valence-corrected chi connectivity index (χ4v) is 4.71. The molecular weight excluding hydrogens is 342 g/mol. The van der Waals surface area contributed by atoms with Gasteiger partial charge in [0.25, 0.3) is 5.91 Å². The summed E-state index contributed by atoms with van der Waals surface area (Å²) < 4.78 is 5.35. The summed E-state index contributed by atoms with van der Waals surface area (Å²) >= 11 is 1.39.